The van der Waals surface area contributed by atoms with Crippen molar-refractivity contribution in [1.29, 1.82) is 0 Å². The maximum atomic E-state index is 10.5. The van der Waals surface area contributed by atoms with Crippen LogP contribution in [0.3, 0.4) is 0 Å². The van der Waals surface area contributed by atoms with Gasteiger partial charge in [-0.3, -0.25) is 10.1 Å². The zero-order valence-electron chi connectivity index (χ0n) is 10.2. The first kappa shape index (κ1) is 14.7. The number of hydrogen-bond donors (Lipinski definition) is 1. The van der Waals surface area contributed by atoms with Gasteiger partial charge in [-0.2, -0.15) is 0 Å². The zero-order chi connectivity index (χ0) is 12.3. The minimum absolute atomic E-state index is 0. The van der Waals surface area contributed by atoms with Gasteiger partial charge >= 0.3 is 0 Å². The molecule has 0 radical (unpaired) electrons. The first-order chi connectivity index (χ1) is 8.18. The molecular formula is C11H17ClN4O2. The van der Waals surface area contributed by atoms with E-state index in [9.17, 15) is 10.1 Å². The van der Waals surface area contributed by atoms with Crippen LogP contribution in [0.1, 0.15) is 12.8 Å². The fourth-order valence-electron chi connectivity index (χ4n) is 2.05. The van der Waals surface area contributed by atoms with Crippen molar-refractivity contribution in [3.05, 3.63) is 28.4 Å². The van der Waals surface area contributed by atoms with Gasteiger partial charge in [0, 0.05) is 25.7 Å². The van der Waals surface area contributed by atoms with Crippen molar-refractivity contribution in [3.8, 4) is 0 Å². The number of rotatable bonds is 3. The van der Waals surface area contributed by atoms with E-state index in [2.05, 4.69) is 15.2 Å². The van der Waals surface area contributed by atoms with Crippen molar-refractivity contribution in [1.82, 2.24) is 10.3 Å². The molecule has 0 aliphatic carbocycles. The Morgan fingerprint density at radius 2 is 2.33 bits per heavy atom. The van der Waals surface area contributed by atoms with Crippen LogP contribution in [0.15, 0.2) is 18.3 Å². The number of nitrogens with zero attached hydrogens (tertiary/aromatic N) is 3. The van der Waals surface area contributed by atoms with Crippen LogP contribution in [-0.4, -0.2) is 36.1 Å². The molecule has 0 amide bonds. The summed E-state index contributed by atoms with van der Waals surface area (Å²) in [7, 11) is 1.98. The van der Waals surface area contributed by atoms with Gasteiger partial charge in [-0.05, 0) is 25.5 Å². The number of likely N-dealkylation sites (N-methyl/N-ethyl adjacent to an activating group) is 1. The van der Waals surface area contributed by atoms with E-state index >= 15 is 0 Å². The van der Waals surface area contributed by atoms with Crippen molar-refractivity contribution < 1.29 is 4.92 Å². The van der Waals surface area contributed by atoms with Crippen LogP contribution >= 0.6 is 12.4 Å². The Labute approximate surface area is 112 Å². The number of halogens is 1. The lowest BCUT2D eigenvalue weighted by molar-refractivity contribution is -0.385. The summed E-state index contributed by atoms with van der Waals surface area (Å²) in [5.41, 5.74) is 0.0314. The van der Waals surface area contributed by atoms with E-state index in [0.717, 1.165) is 31.7 Å². The number of piperidine rings is 1. The molecular weight excluding hydrogens is 256 g/mol. The molecule has 18 heavy (non-hydrogen) atoms. The van der Waals surface area contributed by atoms with Gasteiger partial charge in [-0.25, -0.2) is 4.98 Å². The molecule has 1 fully saturated rings. The minimum Gasteiger partial charge on any atom is -0.355 e. The Balaban J connectivity index is 0.00000162. The third-order valence-corrected chi connectivity index (χ3v) is 3.12. The molecule has 1 N–H and O–H groups in total. The van der Waals surface area contributed by atoms with Crippen molar-refractivity contribution in [2.24, 2.45) is 0 Å². The lowest BCUT2D eigenvalue weighted by atomic mass is 10.1. The molecule has 6 nitrogen and oxygen atoms in total. The quantitative estimate of drug-likeness (QED) is 0.668. The SMILES string of the molecule is CN(c1ccc([N+](=O)[O-])cn1)[C@@H]1CCCNC1.Cl. The van der Waals surface area contributed by atoms with Gasteiger partial charge in [0.1, 0.15) is 12.0 Å². The molecule has 1 aliphatic rings. The van der Waals surface area contributed by atoms with E-state index < -0.39 is 4.92 Å². The van der Waals surface area contributed by atoms with Gasteiger partial charge in [0.15, 0.2) is 0 Å². The predicted octanol–water partition coefficient (Wildman–Crippen LogP) is 1.60. The minimum atomic E-state index is -0.432. The Kier molecular flexibility index (Phi) is 5.30. The third-order valence-electron chi connectivity index (χ3n) is 3.12. The second-order valence-electron chi connectivity index (χ2n) is 4.24. The van der Waals surface area contributed by atoms with Crippen molar-refractivity contribution in [3.63, 3.8) is 0 Å². The standard InChI is InChI=1S/C11H16N4O2.ClH/c1-14(9-3-2-6-12-7-9)11-5-4-10(8-13-11)15(16)17;/h4-5,8-9,12H,2-3,6-7H2,1H3;1H/t9-;/m1./s1. The Morgan fingerprint density at radius 3 is 2.83 bits per heavy atom. The van der Waals surface area contributed by atoms with Gasteiger partial charge in [0.05, 0.1) is 4.92 Å². The normalized spacial score (nSPS) is 18.8. The molecule has 0 spiro atoms. The van der Waals surface area contributed by atoms with Gasteiger partial charge in [0.2, 0.25) is 0 Å². The molecule has 1 saturated heterocycles. The molecule has 0 bridgehead atoms. The zero-order valence-corrected chi connectivity index (χ0v) is 11.0. The molecule has 1 aromatic rings. The van der Waals surface area contributed by atoms with Crippen LogP contribution in [0.2, 0.25) is 0 Å². The summed E-state index contributed by atoms with van der Waals surface area (Å²) >= 11 is 0. The summed E-state index contributed by atoms with van der Waals surface area (Å²) in [5, 5.41) is 13.9. The summed E-state index contributed by atoms with van der Waals surface area (Å²) in [4.78, 5) is 16.3. The molecule has 1 aromatic heterocycles. The second-order valence-corrected chi connectivity index (χ2v) is 4.24. The van der Waals surface area contributed by atoms with Crippen LogP contribution in [0.4, 0.5) is 11.5 Å². The molecule has 7 heteroatoms. The Morgan fingerprint density at radius 1 is 1.56 bits per heavy atom. The molecule has 1 atom stereocenters. The number of nitrogens with one attached hydrogen (secondary N) is 1. The molecule has 1 aliphatic heterocycles. The van der Waals surface area contributed by atoms with Crippen LogP contribution in [0, 0.1) is 10.1 Å². The lowest BCUT2D eigenvalue weighted by Crippen LogP contribution is -2.44. The highest BCUT2D eigenvalue weighted by molar-refractivity contribution is 5.85. The number of aromatic nitrogens is 1. The molecule has 0 unspecified atom stereocenters. The van der Waals surface area contributed by atoms with Gasteiger partial charge < -0.3 is 10.2 Å². The number of hydrogen-bond acceptors (Lipinski definition) is 5. The average molecular weight is 273 g/mol. The molecule has 0 aromatic carbocycles. The molecule has 2 heterocycles. The predicted molar refractivity (Wildman–Crippen MR) is 72.4 cm³/mol. The summed E-state index contributed by atoms with van der Waals surface area (Å²) in [6.07, 6.45) is 3.59. The van der Waals surface area contributed by atoms with E-state index in [1.54, 1.807) is 6.07 Å². The van der Waals surface area contributed by atoms with Crippen molar-refractivity contribution in [2.75, 3.05) is 25.0 Å². The van der Waals surface area contributed by atoms with E-state index in [4.69, 9.17) is 0 Å². The maximum Gasteiger partial charge on any atom is 0.287 e. The number of pyridine rings is 1. The molecule has 2 rings (SSSR count). The molecule has 100 valence electrons. The number of anilines is 1. The highest BCUT2D eigenvalue weighted by Gasteiger charge is 2.19. The maximum absolute atomic E-state index is 10.5. The first-order valence-electron chi connectivity index (χ1n) is 5.72. The van der Waals surface area contributed by atoms with Gasteiger partial charge in [-0.15, -0.1) is 12.4 Å². The summed E-state index contributed by atoms with van der Waals surface area (Å²) in [6.45, 7) is 2.01. The first-order valence-corrected chi connectivity index (χ1v) is 5.72. The third kappa shape index (κ3) is 3.30. The highest BCUT2D eigenvalue weighted by Crippen LogP contribution is 2.19. The monoisotopic (exact) mass is 272 g/mol. The average Bonchev–Trinajstić information content (AvgIpc) is 2.39. The summed E-state index contributed by atoms with van der Waals surface area (Å²) in [6, 6.07) is 3.61. The van der Waals surface area contributed by atoms with E-state index in [-0.39, 0.29) is 18.1 Å². The Hall–Kier alpha value is -1.40. The number of nitro groups is 1. The van der Waals surface area contributed by atoms with Gasteiger partial charge in [-0.1, -0.05) is 0 Å². The van der Waals surface area contributed by atoms with Crippen LogP contribution in [0.5, 0.6) is 0 Å². The fraction of sp³-hybridized carbons (Fsp3) is 0.545. The topological polar surface area (TPSA) is 71.3 Å². The van der Waals surface area contributed by atoms with E-state index in [0.29, 0.717) is 6.04 Å². The summed E-state index contributed by atoms with van der Waals surface area (Å²) in [5.74, 6) is 0.782. The van der Waals surface area contributed by atoms with Crippen molar-refractivity contribution in [2.45, 2.75) is 18.9 Å². The van der Waals surface area contributed by atoms with Crippen LogP contribution in [-0.2, 0) is 0 Å². The summed E-state index contributed by atoms with van der Waals surface area (Å²) < 4.78 is 0. The fourth-order valence-corrected chi connectivity index (χ4v) is 2.05. The van der Waals surface area contributed by atoms with Gasteiger partial charge in [0.25, 0.3) is 5.69 Å². The highest BCUT2D eigenvalue weighted by atomic mass is 35.5. The van der Waals surface area contributed by atoms with Crippen LogP contribution in [0.25, 0.3) is 0 Å². The largest absolute Gasteiger partial charge is 0.355 e. The molecule has 0 saturated carbocycles. The van der Waals surface area contributed by atoms with Crippen LogP contribution < -0.4 is 10.2 Å². The Bertz CT molecular complexity index is 393. The smallest absolute Gasteiger partial charge is 0.287 e. The second kappa shape index (κ2) is 6.51. The van der Waals surface area contributed by atoms with Crippen molar-refractivity contribution >= 4 is 23.9 Å². The van der Waals surface area contributed by atoms with E-state index in [1.807, 2.05) is 7.05 Å². The van der Waals surface area contributed by atoms with E-state index in [1.165, 1.54) is 12.3 Å². The lowest BCUT2D eigenvalue weighted by Gasteiger charge is -2.32.